The summed E-state index contributed by atoms with van der Waals surface area (Å²) < 4.78 is 1.59. The number of hydrogen-bond donors (Lipinski definition) is 1. The van der Waals surface area contributed by atoms with Crippen LogP contribution in [0, 0.1) is 6.92 Å². The molecule has 1 N–H and O–H groups in total. The fourth-order valence-electron chi connectivity index (χ4n) is 3.17. The summed E-state index contributed by atoms with van der Waals surface area (Å²) in [7, 11) is 3.83. The Balaban J connectivity index is 1.78. The molecule has 1 aromatic carbocycles. The van der Waals surface area contributed by atoms with Crippen LogP contribution in [0.4, 0.5) is 0 Å². The monoisotopic (exact) mass is 330 g/mol. The zero-order valence-corrected chi connectivity index (χ0v) is 14.2. The van der Waals surface area contributed by atoms with Crippen LogP contribution in [0.5, 0.6) is 0 Å². The second kappa shape index (κ2) is 6.29. The number of tetrazole rings is 1. The van der Waals surface area contributed by atoms with Crippen molar-refractivity contribution < 1.29 is 9.90 Å². The Kier molecular flexibility index (Phi) is 4.33. The Bertz CT molecular complexity index is 744. The van der Waals surface area contributed by atoms with Crippen molar-refractivity contribution >= 4 is 5.91 Å². The smallest absolute Gasteiger partial charge is 0.254 e. The van der Waals surface area contributed by atoms with Crippen LogP contribution in [-0.4, -0.2) is 80.4 Å². The van der Waals surface area contributed by atoms with Crippen molar-refractivity contribution in [3.8, 4) is 5.69 Å². The van der Waals surface area contributed by atoms with Gasteiger partial charge in [0, 0.05) is 18.7 Å². The number of benzene rings is 1. The maximum atomic E-state index is 12.8. The first-order valence-corrected chi connectivity index (χ1v) is 7.90. The molecule has 1 unspecified atom stereocenters. The van der Waals surface area contributed by atoms with Gasteiger partial charge < -0.3 is 14.9 Å². The molecule has 0 spiro atoms. The van der Waals surface area contributed by atoms with E-state index >= 15 is 0 Å². The van der Waals surface area contributed by atoms with Gasteiger partial charge >= 0.3 is 0 Å². The van der Waals surface area contributed by atoms with Gasteiger partial charge in [0.1, 0.15) is 0 Å². The van der Waals surface area contributed by atoms with Gasteiger partial charge in [-0.05, 0) is 56.1 Å². The molecule has 128 valence electrons. The molecule has 3 rings (SSSR count). The normalized spacial score (nSPS) is 20.8. The summed E-state index contributed by atoms with van der Waals surface area (Å²) in [6.07, 6.45) is 0.586. The average molecular weight is 330 g/mol. The first kappa shape index (κ1) is 16.5. The molecule has 8 heteroatoms. The van der Waals surface area contributed by atoms with E-state index in [1.807, 2.05) is 31.1 Å². The Morgan fingerprint density at radius 1 is 1.42 bits per heavy atom. The molecule has 2 heterocycles. The van der Waals surface area contributed by atoms with Crippen LogP contribution >= 0.6 is 0 Å². The van der Waals surface area contributed by atoms with Crippen molar-refractivity contribution in [3.63, 3.8) is 0 Å². The number of likely N-dealkylation sites (N-methyl/N-ethyl adjacent to an activating group) is 1. The van der Waals surface area contributed by atoms with E-state index in [0.717, 1.165) is 5.69 Å². The molecule has 0 bridgehead atoms. The Labute approximate surface area is 140 Å². The van der Waals surface area contributed by atoms with Crippen molar-refractivity contribution in [2.45, 2.75) is 18.9 Å². The summed E-state index contributed by atoms with van der Waals surface area (Å²) in [5.74, 6) is 0.568. The molecule has 1 aromatic heterocycles. The number of aryl methyl sites for hydroxylation is 1. The molecule has 2 aromatic rings. The summed E-state index contributed by atoms with van der Waals surface area (Å²) in [6.45, 7) is 3.24. The van der Waals surface area contributed by atoms with Crippen LogP contribution in [0.2, 0.25) is 0 Å². The van der Waals surface area contributed by atoms with Crippen molar-refractivity contribution in [1.29, 1.82) is 0 Å². The molecule has 8 nitrogen and oxygen atoms in total. The lowest BCUT2D eigenvalue weighted by Gasteiger charge is -2.26. The fraction of sp³-hybridized carbons (Fsp3) is 0.500. The molecule has 1 aliphatic heterocycles. The van der Waals surface area contributed by atoms with Crippen molar-refractivity contribution in [1.82, 2.24) is 30.0 Å². The van der Waals surface area contributed by atoms with Gasteiger partial charge in [-0.25, -0.2) is 0 Å². The van der Waals surface area contributed by atoms with Crippen LogP contribution in [0.3, 0.4) is 0 Å². The highest BCUT2D eigenvalue weighted by molar-refractivity contribution is 5.95. The van der Waals surface area contributed by atoms with Gasteiger partial charge in [0.2, 0.25) is 0 Å². The summed E-state index contributed by atoms with van der Waals surface area (Å²) in [5.41, 5.74) is 0.464. The van der Waals surface area contributed by atoms with Gasteiger partial charge in [-0.15, -0.1) is 5.10 Å². The Morgan fingerprint density at radius 3 is 2.88 bits per heavy atom. The van der Waals surface area contributed by atoms with Gasteiger partial charge in [0.25, 0.3) is 5.91 Å². The number of rotatable bonds is 4. The van der Waals surface area contributed by atoms with Gasteiger partial charge in [0.15, 0.2) is 5.82 Å². The van der Waals surface area contributed by atoms with Crippen LogP contribution in [-0.2, 0) is 0 Å². The third kappa shape index (κ3) is 3.29. The van der Waals surface area contributed by atoms with Gasteiger partial charge in [-0.2, -0.15) is 4.68 Å². The predicted molar refractivity (Wildman–Crippen MR) is 87.9 cm³/mol. The molecular weight excluding hydrogens is 308 g/mol. The second-order valence-corrected chi connectivity index (χ2v) is 6.63. The van der Waals surface area contributed by atoms with Crippen LogP contribution < -0.4 is 0 Å². The van der Waals surface area contributed by atoms with Gasteiger partial charge in [-0.1, -0.05) is 6.07 Å². The lowest BCUT2D eigenvalue weighted by Crippen LogP contribution is -2.43. The molecule has 0 radical (unpaired) electrons. The van der Waals surface area contributed by atoms with E-state index in [2.05, 4.69) is 15.5 Å². The highest BCUT2D eigenvalue weighted by Gasteiger charge is 2.38. The van der Waals surface area contributed by atoms with Crippen LogP contribution in [0.25, 0.3) is 5.69 Å². The summed E-state index contributed by atoms with van der Waals surface area (Å²) in [4.78, 5) is 16.4. The minimum absolute atomic E-state index is 0.0859. The van der Waals surface area contributed by atoms with Gasteiger partial charge in [-0.3, -0.25) is 4.79 Å². The van der Waals surface area contributed by atoms with E-state index in [9.17, 15) is 9.90 Å². The molecule has 0 saturated carbocycles. The van der Waals surface area contributed by atoms with Crippen LogP contribution in [0.1, 0.15) is 22.6 Å². The van der Waals surface area contributed by atoms with Crippen molar-refractivity contribution in [2.24, 2.45) is 0 Å². The fourth-order valence-corrected chi connectivity index (χ4v) is 3.17. The van der Waals surface area contributed by atoms with E-state index in [1.165, 1.54) is 0 Å². The maximum absolute atomic E-state index is 12.8. The standard InChI is InChI=1S/C16H22N6O2/c1-12-17-18-19-22(12)14-6-4-5-13(9-14)15(23)21-8-7-16(24,11-21)10-20(2)3/h4-6,9,24H,7-8,10-11H2,1-3H3. The van der Waals surface area contributed by atoms with E-state index in [4.69, 9.17) is 0 Å². The zero-order valence-electron chi connectivity index (χ0n) is 14.2. The number of amides is 1. The molecule has 1 fully saturated rings. The van der Waals surface area contributed by atoms with Crippen molar-refractivity contribution in [3.05, 3.63) is 35.7 Å². The van der Waals surface area contributed by atoms with E-state index < -0.39 is 5.60 Å². The van der Waals surface area contributed by atoms with E-state index in [0.29, 0.717) is 37.4 Å². The number of carbonyl (C=O) groups excluding carboxylic acids is 1. The average Bonchev–Trinajstić information content (AvgIpc) is 3.12. The van der Waals surface area contributed by atoms with Crippen molar-refractivity contribution in [2.75, 3.05) is 33.7 Å². The maximum Gasteiger partial charge on any atom is 0.254 e. The number of aliphatic hydroxyl groups is 1. The third-order valence-corrected chi connectivity index (χ3v) is 4.19. The minimum atomic E-state index is -0.844. The molecule has 1 amide bonds. The SMILES string of the molecule is Cc1nnnn1-c1cccc(C(=O)N2CCC(O)(CN(C)C)C2)c1. The number of likely N-dealkylation sites (tertiary alicyclic amines) is 1. The lowest BCUT2D eigenvalue weighted by molar-refractivity contribution is 0.0236. The molecule has 24 heavy (non-hydrogen) atoms. The molecule has 0 aliphatic carbocycles. The predicted octanol–water partition coefficient (Wildman–Crippen LogP) is 0.109. The molecule has 1 aliphatic rings. The van der Waals surface area contributed by atoms with Crippen LogP contribution in [0.15, 0.2) is 24.3 Å². The minimum Gasteiger partial charge on any atom is -0.387 e. The first-order valence-electron chi connectivity index (χ1n) is 7.90. The summed E-state index contributed by atoms with van der Waals surface area (Å²) in [5, 5.41) is 22.0. The highest BCUT2D eigenvalue weighted by atomic mass is 16.3. The number of nitrogens with zero attached hydrogens (tertiary/aromatic N) is 6. The number of carbonyl (C=O) groups is 1. The quantitative estimate of drug-likeness (QED) is 0.856. The largest absolute Gasteiger partial charge is 0.387 e. The van der Waals surface area contributed by atoms with Gasteiger partial charge in [0.05, 0.1) is 17.8 Å². The topological polar surface area (TPSA) is 87.4 Å². The summed E-state index contributed by atoms with van der Waals surface area (Å²) in [6, 6.07) is 7.21. The molecule has 1 atom stereocenters. The molecular formula is C16H22N6O2. The third-order valence-electron chi connectivity index (χ3n) is 4.19. The number of β-amino-alcohol motifs (C(OH)–C–C–N with tert-alkyl or cyclic N) is 1. The van der Waals surface area contributed by atoms with E-state index in [-0.39, 0.29) is 5.91 Å². The highest BCUT2D eigenvalue weighted by Crippen LogP contribution is 2.24. The second-order valence-electron chi connectivity index (χ2n) is 6.63. The Hall–Kier alpha value is -2.32. The lowest BCUT2D eigenvalue weighted by atomic mass is 10.0. The number of aromatic nitrogens is 4. The number of hydrogen-bond acceptors (Lipinski definition) is 6. The zero-order chi connectivity index (χ0) is 17.3. The van der Waals surface area contributed by atoms with E-state index in [1.54, 1.807) is 28.6 Å². The first-order chi connectivity index (χ1) is 11.4. The Morgan fingerprint density at radius 2 is 2.21 bits per heavy atom. The summed E-state index contributed by atoms with van der Waals surface area (Å²) >= 11 is 0. The molecule has 1 saturated heterocycles.